The summed E-state index contributed by atoms with van der Waals surface area (Å²) in [7, 11) is 0. The third-order valence-corrected chi connectivity index (χ3v) is 8.70. The van der Waals surface area contributed by atoms with E-state index in [1.54, 1.807) is 24.4 Å². The molecule has 4 saturated carbocycles. The number of nitriles is 1. The van der Waals surface area contributed by atoms with Gasteiger partial charge in [0, 0.05) is 37.9 Å². The molecule has 7 rings (SSSR count). The molecule has 2 aromatic rings. The fraction of sp³-hybridized carbons (Fsp3) is 0.556. The van der Waals surface area contributed by atoms with Crippen LogP contribution in [0.4, 0.5) is 16.0 Å². The number of carbonyl (C=O) groups excluding carboxylic acids is 1. The molecule has 1 aromatic carbocycles. The molecule has 4 bridgehead atoms. The van der Waals surface area contributed by atoms with Gasteiger partial charge in [-0.15, -0.1) is 0 Å². The van der Waals surface area contributed by atoms with Crippen LogP contribution in [0.15, 0.2) is 30.5 Å². The summed E-state index contributed by atoms with van der Waals surface area (Å²) in [6.45, 7) is 3.86. The van der Waals surface area contributed by atoms with Crippen LogP contribution in [0.25, 0.3) is 0 Å². The van der Waals surface area contributed by atoms with Crippen molar-refractivity contribution in [3.63, 3.8) is 0 Å². The number of hydrogen-bond acceptors (Lipinski definition) is 6. The Labute approximate surface area is 205 Å². The number of nitrogens with one attached hydrogen (secondary N) is 1. The Morgan fingerprint density at radius 1 is 1.11 bits per heavy atom. The average molecular weight is 475 g/mol. The Hall–Kier alpha value is -3.21. The van der Waals surface area contributed by atoms with Gasteiger partial charge in [0.15, 0.2) is 0 Å². The van der Waals surface area contributed by atoms with Gasteiger partial charge in [-0.05, 0) is 87.0 Å². The summed E-state index contributed by atoms with van der Waals surface area (Å²) in [4.78, 5) is 26.4. The van der Waals surface area contributed by atoms with E-state index in [2.05, 4.69) is 27.1 Å². The maximum Gasteiger partial charge on any atom is 0.270 e. The molecule has 1 atom stereocenters. The van der Waals surface area contributed by atoms with Gasteiger partial charge in [-0.3, -0.25) is 4.79 Å². The molecule has 1 amide bonds. The van der Waals surface area contributed by atoms with Crippen LogP contribution >= 0.6 is 0 Å². The maximum absolute atomic E-state index is 14.5. The van der Waals surface area contributed by atoms with E-state index in [0.29, 0.717) is 54.4 Å². The van der Waals surface area contributed by atoms with Gasteiger partial charge in [0.2, 0.25) is 5.95 Å². The van der Waals surface area contributed by atoms with Crippen molar-refractivity contribution in [1.82, 2.24) is 15.3 Å². The SMILES string of the molecule is CC1CN(c2ccc(C#N)cc2F)CCN1c1nccc(C(=O)NC2C3CC4CC(C3)CC2C4)n1. The highest BCUT2D eigenvalue weighted by Crippen LogP contribution is 2.53. The summed E-state index contributed by atoms with van der Waals surface area (Å²) in [6.07, 6.45) is 8.09. The van der Waals surface area contributed by atoms with E-state index in [1.807, 2.05) is 11.0 Å². The zero-order valence-electron chi connectivity index (χ0n) is 20.0. The van der Waals surface area contributed by atoms with Crippen molar-refractivity contribution in [2.75, 3.05) is 29.4 Å². The molecular weight excluding hydrogens is 443 g/mol. The summed E-state index contributed by atoms with van der Waals surface area (Å²) < 4.78 is 14.5. The normalized spacial score (nSPS) is 31.3. The highest BCUT2D eigenvalue weighted by molar-refractivity contribution is 5.92. The van der Waals surface area contributed by atoms with Crippen LogP contribution in [0.3, 0.4) is 0 Å². The van der Waals surface area contributed by atoms with Crippen molar-refractivity contribution >= 4 is 17.5 Å². The molecule has 1 unspecified atom stereocenters. The summed E-state index contributed by atoms with van der Waals surface area (Å²) in [6, 6.07) is 8.57. The van der Waals surface area contributed by atoms with Gasteiger partial charge in [0.25, 0.3) is 5.91 Å². The van der Waals surface area contributed by atoms with E-state index >= 15 is 0 Å². The molecule has 5 aliphatic rings. The first-order valence-corrected chi connectivity index (χ1v) is 12.8. The van der Waals surface area contributed by atoms with E-state index in [4.69, 9.17) is 5.26 Å². The molecule has 0 radical (unpaired) electrons. The second kappa shape index (κ2) is 8.78. The predicted octanol–water partition coefficient (Wildman–Crippen LogP) is 3.76. The van der Waals surface area contributed by atoms with Crippen LogP contribution in [-0.4, -0.2) is 47.6 Å². The summed E-state index contributed by atoms with van der Waals surface area (Å²) >= 11 is 0. The third kappa shape index (κ3) is 4.11. The summed E-state index contributed by atoms with van der Waals surface area (Å²) in [5.41, 5.74) is 1.23. The number of halogens is 1. The van der Waals surface area contributed by atoms with Crippen molar-refractivity contribution in [3.05, 3.63) is 47.5 Å². The Morgan fingerprint density at radius 2 is 1.86 bits per heavy atom. The van der Waals surface area contributed by atoms with Crippen molar-refractivity contribution in [2.45, 2.75) is 51.1 Å². The molecule has 2 heterocycles. The van der Waals surface area contributed by atoms with Gasteiger partial charge in [0.1, 0.15) is 11.5 Å². The molecule has 182 valence electrons. The van der Waals surface area contributed by atoms with Crippen molar-refractivity contribution in [2.24, 2.45) is 23.7 Å². The van der Waals surface area contributed by atoms with E-state index in [9.17, 15) is 9.18 Å². The zero-order chi connectivity index (χ0) is 24.1. The number of benzene rings is 1. The molecule has 1 aliphatic heterocycles. The van der Waals surface area contributed by atoms with Crippen molar-refractivity contribution in [3.8, 4) is 6.07 Å². The number of rotatable bonds is 4. The molecule has 1 aromatic heterocycles. The number of carbonyl (C=O) groups is 1. The fourth-order valence-corrected chi connectivity index (χ4v) is 7.31. The van der Waals surface area contributed by atoms with Gasteiger partial charge >= 0.3 is 0 Å². The van der Waals surface area contributed by atoms with Crippen LogP contribution in [0, 0.1) is 40.8 Å². The first kappa shape index (κ1) is 22.3. The van der Waals surface area contributed by atoms with Crippen LogP contribution in [0.5, 0.6) is 0 Å². The van der Waals surface area contributed by atoms with E-state index in [-0.39, 0.29) is 23.8 Å². The largest absolute Gasteiger partial charge is 0.365 e. The minimum absolute atomic E-state index is 0.0292. The zero-order valence-corrected chi connectivity index (χ0v) is 20.0. The number of aromatic nitrogens is 2. The Morgan fingerprint density at radius 3 is 2.51 bits per heavy atom. The summed E-state index contributed by atoms with van der Waals surface area (Å²) in [5, 5.41) is 12.3. The Bertz CT molecular complexity index is 1150. The molecule has 5 fully saturated rings. The topological polar surface area (TPSA) is 85.2 Å². The first-order valence-electron chi connectivity index (χ1n) is 12.8. The number of anilines is 2. The average Bonchev–Trinajstić information content (AvgIpc) is 2.85. The number of nitrogens with zero attached hydrogens (tertiary/aromatic N) is 5. The lowest BCUT2D eigenvalue weighted by Crippen LogP contribution is -2.56. The van der Waals surface area contributed by atoms with Crippen molar-refractivity contribution < 1.29 is 9.18 Å². The fourth-order valence-electron chi connectivity index (χ4n) is 7.31. The van der Waals surface area contributed by atoms with Crippen molar-refractivity contribution in [1.29, 1.82) is 5.26 Å². The highest BCUT2D eigenvalue weighted by Gasteiger charge is 2.48. The van der Waals surface area contributed by atoms with Gasteiger partial charge in [0.05, 0.1) is 17.3 Å². The van der Waals surface area contributed by atoms with Gasteiger partial charge in [-0.2, -0.15) is 5.26 Å². The second-order valence-electron chi connectivity index (χ2n) is 10.9. The molecule has 8 heteroatoms. The minimum Gasteiger partial charge on any atom is -0.365 e. The smallest absolute Gasteiger partial charge is 0.270 e. The third-order valence-electron chi connectivity index (χ3n) is 8.70. The molecule has 0 spiro atoms. The van der Waals surface area contributed by atoms with Crippen LogP contribution in [-0.2, 0) is 0 Å². The number of amides is 1. The summed E-state index contributed by atoms with van der Waals surface area (Å²) in [5.74, 6) is 3.03. The number of hydrogen-bond donors (Lipinski definition) is 1. The van der Waals surface area contributed by atoms with E-state index in [1.165, 1.54) is 38.2 Å². The van der Waals surface area contributed by atoms with Gasteiger partial charge in [-0.25, -0.2) is 14.4 Å². The molecule has 4 aliphatic carbocycles. The Kier molecular flexibility index (Phi) is 5.58. The molecule has 7 nitrogen and oxygen atoms in total. The lowest BCUT2D eigenvalue weighted by atomic mass is 9.54. The van der Waals surface area contributed by atoms with Crippen LogP contribution in [0.2, 0.25) is 0 Å². The van der Waals surface area contributed by atoms with Gasteiger partial charge in [-0.1, -0.05) is 0 Å². The molecule has 1 saturated heterocycles. The standard InChI is InChI=1S/C27H31FN6O/c1-16-15-33(24-3-2-17(14-29)13-22(24)28)6-7-34(16)27-30-5-4-23(31-27)26(35)32-25-20-9-18-8-19(11-20)12-21(25)10-18/h2-5,13,16,18-21,25H,6-12,15H2,1H3,(H,32,35). The van der Waals surface area contributed by atoms with E-state index < -0.39 is 0 Å². The van der Waals surface area contributed by atoms with Gasteiger partial charge < -0.3 is 15.1 Å². The predicted molar refractivity (Wildman–Crippen MR) is 130 cm³/mol. The quantitative estimate of drug-likeness (QED) is 0.726. The molecular formula is C27H31FN6O. The lowest BCUT2D eigenvalue weighted by molar-refractivity contribution is -0.0120. The maximum atomic E-state index is 14.5. The minimum atomic E-state index is -0.385. The second-order valence-corrected chi connectivity index (χ2v) is 10.9. The molecule has 35 heavy (non-hydrogen) atoms. The lowest BCUT2D eigenvalue weighted by Gasteiger charge is -2.54. The van der Waals surface area contributed by atoms with Crippen LogP contribution in [0.1, 0.15) is 55.1 Å². The van der Waals surface area contributed by atoms with Crippen LogP contribution < -0.4 is 15.1 Å². The first-order chi connectivity index (χ1) is 17.0. The monoisotopic (exact) mass is 474 g/mol. The highest BCUT2D eigenvalue weighted by atomic mass is 19.1. The number of piperazine rings is 1. The molecule has 1 N–H and O–H groups in total. The van der Waals surface area contributed by atoms with E-state index in [0.717, 1.165) is 11.8 Å². The Balaban J connectivity index is 1.13.